The van der Waals surface area contributed by atoms with Crippen LogP contribution in [0.4, 0.5) is 5.69 Å². The molecular formula is C14H21ClN2O2. The van der Waals surface area contributed by atoms with Crippen LogP contribution in [0, 0.1) is 0 Å². The highest BCUT2D eigenvalue weighted by Gasteiger charge is 2.27. The molecule has 0 bridgehead atoms. The summed E-state index contributed by atoms with van der Waals surface area (Å²) in [7, 11) is 0. The second kappa shape index (κ2) is 6.89. The average molecular weight is 285 g/mol. The summed E-state index contributed by atoms with van der Waals surface area (Å²) in [6, 6.07) is 7.59. The quantitative estimate of drug-likeness (QED) is 0.794. The Labute approximate surface area is 120 Å². The van der Waals surface area contributed by atoms with Crippen LogP contribution >= 0.6 is 12.4 Å². The van der Waals surface area contributed by atoms with Crippen molar-refractivity contribution in [2.45, 2.75) is 38.3 Å². The Kier molecular flexibility index (Phi) is 5.79. The fourth-order valence-electron chi connectivity index (χ4n) is 2.12. The van der Waals surface area contributed by atoms with Crippen molar-refractivity contribution in [3.63, 3.8) is 0 Å². The van der Waals surface area contributed by atoms with E-state index in [1.807, 2.05) is 18.2 Å². The van der Waals surface area contributed by atoms with Gasteiger partial charge in [0, 0.05) is 12.2 Å². The first-order valence-corrected chi connectivity index (χ1v) is 6.38. The maximum Gasteiger partial charge on any atom is 0.241 e. The Bertz CT molecular complexity index is 437. The molecule has 106 valence electrons. The molecular weight excluding hydrogens is 264 g/mol. The molecule has 0 aromatic heterocycles. The minimum Gasteiger partial charge on any atom is -0.392 e. The summed E-state index contributed by atoms with van der Waals surface area (Å²) in [5.41, 5.74) is 2.02. The molecule has 4 nitrogen and oxygen atoms in total. The first-order valence-electron chi connectivity index (χ1n) is 6.38. The van der Waals surface area contributed by atoms with E-state index in [0.29, 0.717) is 18.9 Å². The third-order valence-electron chi connectivity index (χ3n) is 3.24. The molecule has 1 heterocycles. The summed E-state index contributed by atoms with van der Waals surface area (Å²) in [6.45, 7) is 4.73. The topological polar surface area (TPSA) is 61.4 Å². The van der Waals surface area contributed by atoms with Crippen molar-refractivity contribution in [1.82, 2.24) is 5.32 Å². The summed E-state index contributed by atoms with van der Waals surface area (Å²) in [5.74, 6) is 0.362. The zero-order valence-electron chi connectivity index (χ0n) is 11.2. The normalized spacial score (nSPS) is 22.1. The number of hydrogen-bond acceptors (Lipinski definition) is 3. The van der Waals surface area contributed by atoms with Crippen molar-refractivity contribution in [2.24, 2.45) is 0 Å². The minimum atomic E-state index is -0.414. The summed E-state index contributed by atoms with van der Waals surface area (Å²) < 4.78 is 0. The molecule has 1 aromatic rings. The van der Waals surface area contributed by atoms with Crippen molar-refractivity contribution >= 4 is 24.0 Å². The molecule has 2 unspecified atom stereocenters. The van der Waals surface area contributed by atoms with E-state index in [1.165, 1.54) is 5.56 Å². The van der Waals surface area contributed by atoms with Crippen molar-refractivity contribution in [1.29, 1.82) is 0 Å². The van der Waals surface area contributed by atoms with Crippen LogP contribution in [0.3, 0.4) is 0 Å². The van der Waals surface area contributed by atoms with Crippen LogP contribution in [0.1, 0.15) is 31.7 Å². The zero-order valence-corrected chi connectivity index (χ0v) is 12.0. The van der Waals surface area contributed by atoms with E-state index < -0.39 is 6.10 Å². The zero-order chi connectivity index (χ0) is 13.1. The fourth-order valence-corrected chi connectivity index (χ4v) is 2.12. The molecule has 1 amide bonds. The molecule has 0 saturated carbocycles. The molecule has 2 rings (SSSR count). The van der Waals surface area contributed by atoms with Gasteiger partial charge in [-0.15, -0.1) is 12.4 Å². The van der Waals surface area contributed by atoms with Crippen LogP contribution in [0.25, 0.3) is 0 Å². The first kappa shape index (κ1) is 16.0. The maximum atomic E-state index is 12.0. The number of hydrogen-bond donors (Lipinski definition) is 3. The summed E-state index contributed by atoms with van der Waals surface area (Å²) in [5, 5.41) is 15.3. The molecule has 3 N–H and O–H groups in total. The molecule has 1 fully saturated rings. The SMILES string of the molecule is CC(C)c1cccc(NC(=O)C2CC(O)CN2)c1.Cl. The lowest BCUT2D eigenvalue weighted by atomic mass is 10.0. The van der Waals surface area contributed by atoms with Gasteiger partial charge < -0.3 is 15.7 Å². The predicted molar refractivity (Wildman–Crippen MR) is 78.8 cm³/mol. The lowest BCUT2D eigenvalue weighted by molar-refractivity contribution is -0.117. The number of β-amino-alcohol motifs (C(OH)–C–C–N with tert-alkyl or cyclic N) is 1. The van der Waals surface area contributed by atoms with Gasteiger partial charge in [-0.2, -0.15) is 0 Å². The van der Waals surface area contributed by atoms with Crippen LogP contribution in [-0.4, -0.2) is 29.7 Å². The van der Waals surface area contributed by atoms with Crippen LogP contribution in [-0.2, 0) is 4.79 Å². The lowest BCUT2D eigenvalue weighted by Gasteiger charge is -2.13. The van der Waals surface area contributed by atoms with Crippen LogP contribution in [0.5, 0.6) is 0 Å². The molecule has 19 heavy (non-hydrogen) atoms. The number of carbonyl (C=O) groups is 1. The van der Waals surface area contributed by atoms with E-state index in [-0.39, 0.29) is 24.4 Å². The summed E-state index contributed by atoms with van der Waals surface area (Å²) >= 11 is 0. The van der Waals surface area contributed by atoms with E-state index in [9.17, 15) is 9.90 Å². The molecule has 0 aliphatic carbocycles. The smallest absolute Gasteiger partial charge is 0.241 e. The number of halogens is 1. The van der Waals surface area contributed by atoms with Crippen LogP contribution in [0.2, 0.25) is 0 Å². The largest absolute Gasteiger partial charge is 0.392 e. The number of anilines is 1. The number of aliphatic hydroxyl groups is 1. The number of nitrogens with one attached hydrogen (secondary N) is 2. The monoisotopic (exact) mass is 284 g/mol. The van der Waals surface area contributed by atoms with Gasteiger partial charge in [0.05, 0.1) is 12.1 Å². The van der Waals surface area contributed by atoms with E-state index in [2.05, 4.69) is 30.5 Å². The summed E-state index contributed by atoms with van der Waals surface area (Å²) in [4.78, 5) is 12.0. The average Bonchev–Trinajstić information content (AvgIpc) is 2.76. The van der Waals surface area contributed by atoms with Gasteiger partial charge in [-0.25, -0.2) is 0 Å². The molecule has 0 spiro atoms. The highest BCUT2D eigenvalue weighted by atomic mass is 35.5. The summed E-state index contributed by atoms with van der Waals surface area (Å²) in [6.07, 6.45) is 0.0677. The highest BCUT2D eigenvalue weighted by Crippen LogP contribution is 2.19. The third kappa shape index (κ3) is 4.20. The molecule has 2 atom stereocenters. The van der Waals surface area contributed by atoms with E-state index in [4.69, 9.17) is 0 Å². The lowest BCUT2D eigenvalue weighted by Crippen LogP contribution is -2.35. The number of rotatable bonds is 3. The molecule has 1 aliphatic heterocycles. The Hall–Kier alpha value is -1.10. The molecule has 1 saturated heterocycles. The molecule has 1 aromatic carbocycles. The predicted octanol–water partition coefficient (Wildman–Crippen LogP) is 1.89. The van der Waals surface area contributed by atoms with Gasteiger partial charge in [-0.3, -0.25) is 4.79 Å². The molecule has 0 radical (unpaired) electrons. The standard InChI is InChI=1S/C14H20N2O2.ClH/c1-9(2)10-4-3-5-11(6-10)16-14(18)13-7-12(17)8-15-13;/h3-6,9,12-13,15,17H,7-8H2,1-2H3,(H,16,18);1H. The first-order chi connectivity index (χ1) is 8.56. The van der Waals surface area contributed by atoms with Gasteiger partial charge >= 0.3 is 0 Å². The van der Waals surface area contributed by atoms with Gasteiger partial charge in [-0.1, -0.05) is 26.0 Å². The van der Waals surface area contributed by atoms with Gasteiger partial charge in [-0.05, 0) is 30.0 Å². The van der Waals surface area contributed by atoms with Crippen molar-refractivity contribution < 1.29 is 9.90 Å². The van der Waals surface area contributed by atoms with E-state index >= 15 is 0 Å². The molecule has 5 heteroatoms. The van der Waals surface area contributed by atoms with Crippen LogP contribution in [0.15, 0.2) is 24.3 Å². The Morgan fingerprint density at radius 2 is 2.21 bits per heavy atom. The molecule has 1 aliphatic rings. The fraction of sp³-hybridized carbons (Fsp3) is 0.500. The number of aliphatic hydroxyl groups excluding tert-OH is 1. The van der Waals surface area contributed by atoms with Gasteiger partial charge in [0.15, 0.2) is 0 Å². The number of carbonyl (C=O) groups excluding carboxylic acids is 1. The Morgan fingerprint density at radius 1 is 1.47 bits per heavy atom. The number of benzene rings is 1. The number of amides is 1. The third-order valence-corrected chi connectivity index (χ3v) is 3.24. The maximum absolute atomic E-state index is 12.0. The van der Waals surface area contributed by atoms with Crippen molar-refractivity contribution in [3.8, 4) is 0 Å². The van der Waals surface area contributed by atoms with Crippen molar-refractivity contribution in [2.75, 3.05) is 11.9 Å². The van der Waals surface area contributed by atoms with Gasteiger partial charge in [0.1, 0.15) is 0 Å². The van der Waals surface area contributed by atoms with E-state index in [1.54, 1.807) is 0 Å². The van der Waals surface area contributed by atoms with Crippen LogP contribution < -0.4 is 10.6 Å². The second-order valence-corrected chi connectivity index (χ2v) is 5.12. The Morgan fingerprint density at radius 3 is 2.79 bits per heavy atom. The van der Waals surface area contributed by atoms with Gasteiger partial charge in [0.2, 0.25) is 5.91 Å². The van der Waals surface area contributed by atoms with E-state index in [0.717, 1.165) is 5.69 Å². The highest BCUT2D eigenvalue weighted by molar-refractivity contribution is 5.95. The minimum absolute atomic E-state index is 0. The second-order valence-electron chi connectivity index (χ2n) is 5.12. The Balaban J connectivity index is 0.00000180. The van der Waals surface area contributed by atoms with Gasteiger partial charge in [0.25, 0.3) is 0 Å². The van der Waals surface area contributed by atoms with Crippen molar-refractivity contribution in [3.05, 3.63) is 29.8 Å².